The molecule has 4 nitrogen and oxygen atoms in total. The molecule has 1 fully saturated rings. The van der Waals surface area contributed by atoms with Gasteiger partial charge >= 0.3 is 0 Å². The third kappa shape index (κ3) is 0.964. The zero-order valence-electron chi connectivity index (χ0n) is 5.83. The Labute approximate surface area is 59.0 Å². The van der Waals surface area contributed by atoms with Crippen molar-refractivity contribution in [3.05, 3.63) is 0 Å². The number of rotatable bonds is 1. The minimum absolute atomic E-state index is 0.00352. The second-order valence-corrected chi connectivity index (χ2v) is 2.46. The van der Waals surface area contributed by atoms with E-state index < -0.39 is 5.91 Å². The van der Waals surface area contributed by atoms with Crippen LogP contribution in [0.5, 0.6) is 0 Å². The number of carbonyl (C=O) groups excluding carboxylic acids is 2. The van der Waals surface area contributed by atoms with Gasteiger partial charge in [-0.1, -0.05) is 0 Å². The summed E-state index contributed by atoms with van der Waals surface area (Å²) in [5.74, 6) is -0.405. The summed E-state index contributed by atoms with van der Waals surface area (Å²) in [7, 11) is 1.60. The van der Waals surface area contributed by atoms with Gasteiger partial charge in [-0.3, -0.25) is 9.59 Å². The Bertz CT molecular complexity index is 179. The average molecular weight is 142 g/mol. The van der Waals surface area contributed by atoms with E-state index in [4.69, 9.17) is 5.73 Å². The number of likely N-dealkylation sites (tertiary alicyclic amines) is 1. The highest BCUT2D eigenvalue weighted by Gasteiger charge is 2.31. The molecule has 1 atom stereocenters. The van der Waals surface area contributed by atoms with Crippen LogP contribution >= 0.6 is 0 Å². The lowest BCUT2D eigenvalue weighted by molar-refractivity contribution is -0.132. The molecule has 2 N–H and O–H groups in total. The fourth-order valence-corrected chi connectivity index (χ4v) is 1.14. The lowest BCUT2D eigenvalue weighted by atomic mass is 10.2. The average Bonchev–Trinajstić information content (AvgIpc) is 2.14. The van der Waals surface area contributed by atoms with Crippen molar-refractivity contribution in [3.8, 4) is 0 Å². The summed E-state index contributed by atoms with van der Waals surface area (Å²) in [6.07, 6.45) is 1.02. The third-order valence-corrected chi connectivity index (χ3v) is 1.82. The van der Waals surface area contributed by atoms with Crippen LogP contribution in [-0.2, 0) is 9.59 Å². The molecular formula is C6H10N2O2. The summed E-state index contributed by atoms with van der Waals surface area (Å²) in [5, 5.41) is 0. The van der Waals surface area contributed by atoms with Gasteiger partial charge in [0.2, 0.25) is 11.8 Å². The van der Waals surface area contributed by atoms with Crippen LogP contribution in [0.25, 0.3) is 0 Å². The maximum Gasteiger partial charge on any atom is 0.240 e. The molecule has 0 aromatic carbocycles. The Morgan fingerprint density at radius 1 is 1.80 bits per heavy atom. The van der Waals surface area contributed by atoms with Gasteiger partial charge in [-0.05, 0) is 6.42 Å². The number of likely N-dealkylation sites (N-methyl/N-ethyl adjacent to an activating group) is 1. The number of hydrogen-bond acceptors (Lipinski definition) is 2. The summed E-state index contributed by atoms with van der Waals surface area (Å²) in [5.41, 5.74) is 5.02. The van der Waals surface area contributed by atoms with Gasteiger partial charge < -0.3 is 10.6 Å². The molecule has 0 saturated carbocycles. The standard InChI is InChI=1S/C6H10N2O2/c1-8-4(6(7)10)2-3-5(8)9/h4H,2-3H2,1H3,(H2,7,10)/t4-/m1/s1. The molecule has 2 amide bonds. The molecule has 0 spiro atoms. The first kappa shape index (κ1) is 7.05. The fourth-order valence-electron chi connectivity index (χ4n) is 1.14. The van der Waals surface area contributed by atoms with Gasteiger partial charge in [0.1, 0.15) is 6.04 Å². The molecule has 1 aliphatic rings. The number of amides is 2. The lowest BCUT2D eigenvalue weighted by Gasteiger charge is -2.15. The zero-order valence-corrected chi connectivity index (χ0v) is 5.83. The number of nitrogens with zero attached hydrogens (tertiary/aromatic N) is 1. The molecule has 56 valence electrons. The SMILES string of the molecule is CN1C(=O)CC[C@@H]1C(N)=O. The van der Waals surface area contributed by atoms with Crippen LogP contribution in [0.4, 0.5) is 0 Å². The van der Waals surface area contributed by atoms with E-state index >= 15 is 0 Å². The van der Waals surface area contributed by atoms with E-state index in [9.17, 15) is 9.59 Å². The molecule has 0 unspecified atom stereocenters. The zero-order chi connectivity index (χ0) is 7.72. The quantitative estimate of drug-likeness (QED) is 0.515. The molecule has 0 aliphatic carbocycles. The molecule has 0 aromatic heterocycles. The molecule has 1 aliphatic heterocycles. The van der Waals surface area contributed by atoms with E-state index in [1.807, 2.05) is 0 Å². The van der Waals surface area contributed by atoms with Crippen molar-refractivity contribution in [3.63, 3.8) is 0 Å². The highest BCUT2D eigenvalue weighted by atomic mass is 16.2. The second-order valence-electron chi connectivity index (χ2n) is 2.46. The summed E-state index contributed by atoms with van der Waals surface area (Å²) in [6.45, 7) is 0. The van der Waals surface area contributed by atoms with Crippen LogP contribution < -0.4 is 5.73 Å². The second kappa shape index (κ2) is 2.28. The smallest absolute Gasteiger partial charge is 0.240 e. The van der Waals surface area contributed by atoms with Crippen molar-refractivity contribution in [1.82, 2.24) is 4.90 Å². The molecule has 4 heteroatoms. The molecule has 0 bridgehead atoms. The van der Waals surface area contributed by atoms with Crippen molar-refractivity contribution >= 4 is 11.8 Å². The molecule has 0 aromatic rings. The van der Waals surface area contributed by atoms with E-state index in [1.54, 1.807) is 7.05 Å². The third-order valence-electron chi connectivity index (χ3n) is 1.82. The van der Waals surface area contributed by atoms with Crippen LogP contribution in [0.3, 0.4) is 0 Å². The predicted molar refractivity (Wildman–Crippen MR) is 35.0 cm³/mol. The molecule has 1 heterocycles. The summed E-state index contributed by atoms with van der Waals surface area (Å²) < 4.78 is 0. The van der Waals surface area contributed by atoms with Gasteiger partial charge in [0, 0.05) is 13.5 Å². The van der Waals surface area contributed by atoms with E-state index in [0.29, 0.717) is 12.8 Å². The molecule has 0 radical (unpaired) electrons. The van der Waals surface area contributed by atoms with Gasteiger partial charge in [0.05, 0.1) is 0 Å². The lowest BCUT2D eigenvalue weighted by Crippen LogP contribution is -2.39. The Balaban J connectivity index is 2.66. The molecule has 10 heavy (non-hydrogen) atoms. The summed E-state index contributed by atoms with van der Waals surface area (Å²) >= 11 is 0. The Kier molecular flexibility index (Phi) is 1.61. The van der Waals surface area contributed by atoms with Crippen LogP contribution in [-0.4, -0.2) is 29.8 Å². The minimum atomic E-state index is -0.409. The first-order chi connectivity index (χ1) is 4.63. The topological polar surface area (TPSA) is 63.4 Å². The van der Waals surface area contributed by atoms with Gasteiger partial charge in [0.25, 0.3) is 0 Å². The van der Waals surface area contributed by atoms with Gasteiger partial charge in [-0.25, -0.2) is 0 Å². The molecular weight excluding hydrogens is 132 g/mol. The Hall–Kier alpha value is -1.06. The Morgan fingerprint density at radius 3 is 2.60 bits per heavy atom. The largest absolute Gasteiger partial charge is 0.368 e. The first-order valence-electron chi connectivity index (χ1n) is 3.18. The maximum absolute atomic E-state index is 10.8. The fraction of sp³-hybridized carbons (Fsp3) is 0.667. The van der Waals surface area contributed by atoms with Gasteiger partial charge in [-0.15, -0.1) is 0 Å². The molecule has 1 saturated heterocycles. The summed E-state index contributed by atoms with van der Waals surface area (Å²) in [6, 6.07) is -0.368. The van der Waals surface area contributed by atoms with Crippen LogP contribution in [0.1, 0.15) is 12.8 Å². The van der Waals surface area contributed by atoms with Crippen molar-refractivity contribution in [1.29, 1.82) is 0 Å². The predicted octanol–water partition coefficient (Wildman–Crippen LogP) is -0.908. The van der Waals surface area contributed by atoms with Crippen LogP contribution in [0, 0.1) is 0 Å². The minimum Gasteiger partial charge on any atom is -0.368 e. The van der Waals surface area contributed by atoms with E-state index in [1.165, 1.54) is 4.90 Å². The molecule has 1 rings (SSSR count). The van der Waals surface area contributed by atoms with Gasteiger partial charge in [0.15, 0.2) is 0 Å². The number of carbonyl (C=O) groups is 2. The van der Waals surface area contributed by atoms with Crippen molar-refractivity contribution in [2.24, 2.45) is 5.73 Å². The van der Waals surface area contributed by atoms with Gasteiger partial charge in [-0.2, -0.15) is 0 Å². The van der Waals surface area contributed by atoms with Crippen molar-refractivity contribution in [2.45, 2.75) is 18.9 Å². The maximum atomic E-state index is 10.8. The van der Waals surface area contributed by atoms with Crippen LogP contribution in [0.2, 0.25) is 0 Å². The number of hydrogen-bond donors (Lipinski definition) is 1. The first-order valence-corrected chi connectivity index (χ1v) is 3.18. The highest BCUT2D eigenvalue weighted by Crippen LogP contribution is 2.15. The summed E-state index contributed by atoms with van der Waals surface area (Å²) in [4.78, 5) is 22.8. The number of nitrogens with two attached hydrogens (primary N) is 1. The van der Waals surface area contributed by atoms with Crippen LogP contribution in [0.15, 0.2) is 0 Å². The van der Waals surface area contributed by atoms with Crippen molar-refractivity contribution < 1.29 is 9.59 Å². The van der Waals surface area contributed by atoms with Crippen molar-refractivity contribution in [2.75, 3.05) is 7.05 Å². The monoisotopic (exact) mass is 142 g/mol. The normalized spacial score (nSPS) is 25.5. The number of primary amides is 1. The highest BCUT2D eigenvalue weighted by molar-refractivity contribution is 5.89. The van der Waals surface area contributed by atoms with E-state index in [2.05, 4.69) is 0 Å². The van der Waals surface area contributed by atoms with E-state index in [0.717, 1.165) is 0 Å². The Morgan fingerprint density at radius 2 is 2.40 bits per heavy atom. The van der Waals surface area contributed by atoms with E-state index in [-0.39, 0.29) is 11.9 Å².